The van der Waals surface area contributed by atoms with E-state index in [0.717, 1.165) is 17.0 Å². The normalized spacial score (nSPS) is 14.3. The first-order valence-corrected chi connectivity index (χ1v) is 7.45. The summed E-state index contributed by atoms with van der Waals surface area (Å²) >= 11 is 0. The van der Waals surface area contributed by atoms with Crippen LogP contribution in [-0.2, 0) is 0 Å². The molecule has 0 N–H and O–H groups in total. The molecule has 0 spiro atoms. The third-order valence-corrected chi connectivity index (χ3v) is 4.05. The monoisotopic (exact) mass is 275 g/mol. The standard InChI is InChI=1S/C19H17NO/c1-13-7-9-15(10-8-13)18-17(14-5-3-2-4-6-14)19(21-20-18)16-11-12-16/h2-10,16H,11-12H2,1H3. The fourth-order valence-corrected chi connectivity index (χ4v) is 2.72. The largest absolute Gasteiger partial charge is 0.360 e. The quantitative estimate of drug-likeness (QED) is 0.657. The molecule has 1 saturated carbocycles. The number of benzene rings is 2. The van der Waals surface area contributed by atoms with Gasteiger partial charge < -0.3 is 4.52 Å². The van der Waals surface area contributed by atoms with E-state index in [-0.39, 0.29) is 0 Å². The SMILES string of the molecule is Cc1ccc(-c2noc(C3CC3)c2-c2ccccc2)cc1. The predicted molar refractivity (Wildman–Crippen MR) is 84.1 cm³/mol. The van der Waals surface area contributed by atoms with E-state index in [4.69, 9.17) is 4.52 Å². The predicted octanol–water partition coefficient (Wildman–Crippen LogP) is 5.19. The molecule has 1 aliphatic carbocycles. The summed E-state index contributed by atoms with van der Waals surface area (Å²) in [4.78, 5) is 0. The Morgan fingerprint density at radius 3 is 2.29 bits per heavy atom. The zero-order chi connectivity index (χ0) is 14.2. The summed E-state index contributed by atoms with van der Waals surface area (Å²) in [6.45, 7) is 2.10. The van der Waals surface area contributed by atoms with Crippen LogP contribution in [0.4, 0.5) is 0 Å². The molecule has 4 rings (SSSR count). The Morgan fingerprint density at radius 2 is 1.62 bits per heavy atom. The molecule has 0 aliphatic heterocycles. The number of nitrogens with zero attached hydrogens (tertiary/aromatic N) is 1. The Bertz CT molecular complexity index is 752. The summed E-state index contributed by atoms with van der Waals surface area (Å²) in [7, 11) is 0. The Hall–Kier alpha value is -2.35. The van der Waals surface area contributed by atoms with Crippen LogP contribution in [0.1, 0.15) is 30.1 Å². The molecule has 1 aliphatic rings. The fraction of sp³-hybridized carbons (Fsp3) is 0.211. The highest BCUT2D eigenvalue weighted by Crippen LogP contribution is 2.47. The van der Waals surface area contributed by atoms with E-state index < -0.39 is 0 Å². The molecule has 0 unspecified atom stereocenters. The summed E-state index contributed by atoms with van der Waals surface area (Å²) < 4.78 is 5.71. The van der Waals surface area contributed by atoms with Crippen LogP contribution in [0, 0.1) is 6.92 Å². The second-order valence-corrected chi connectivity index (χ2v) is 5.78. The van der Waals surface area contributed by atoms with Gasteiger partial charge in [-0.2, -0.15) is 0 Å². The molecule has 2 nitrogen and oxygen atoms in total. The minimum atomic E-state index is 0.548. The first-order chi connectivity index (χ1) is 10.3. The average Bonchev–Trinajstić information content (AvgIpc) is 3.28. The van der Waals surface area contributed by atoms with Crippen molar-refractivity contribution in [3.63, 3.8) is 0 Å². The Balaban J connectivity index is 1.89. The van der Waals surface area contributed by atoms with Crippen molar-refractivity contribution in [1.29, 1.82) is 0 Å². The molecule has 2 aromatic carbocycles. The molecule has 0 bridgehead atoms. The number of aromatic nitrogens is 1. The molecule has 0 radical (unpaired) electrons. The van der Waals surface area contributed by atoms with Crippen LogP contribution in [0.25, 0.3) is 22.4 Å². The molecule has 1 fully saturated rings. The van der Waals surface area contributed by atoms with Crippen LogP contribution in [-0.4, -0.2) is 5.16 Å². The smallest absolute Gasteiger partial charge is 0.148 e. The maximum absolute atomic E-state index is 5.71. The lowest BCUT2D eigenvalue weighted by molar-refractivity contribution is 0.387. The molecular formula is C19H17NO. The van der Waals surface area contributed by atoms with Gasteiger partial charge in [-0.15, -0.1) is 0 Å². The maximum atomic E-state index is 5.71. The van der Waals surface area contributed by atoms with Gasteiger partial charge in [-0.3, -0.25) is 0 Å². The zero-order valence-corrected chi connectivity index (χ0v) is 12.0. The Labute approximate surface area is 124 Å². The molecule has 0 atom stereocenters. The van der Waals surface area contributed by atoms with Gasteiger partial charge in [0.1, 0.15) is 11.5 Å². The molecule has 1 heterocycles. The van der Waals surface area contributed by atoms with Gasteiger partial charge in [0.2, 0.25) is 0 Å². The molecule has 0 amide bonds. The van der Waals surface area contributed by atoms with Crippen LogP contribution in [0.5, 0.6) is 0 Å². The van der Waals surface area contributed by atoms with E-state index in [2.05, 4.69) is 60.6 Å². The second-order valence-electron chi connectivity index (χ2n) is 5.78. The zero-order valence-electron chi connectivity index (χ0n) is 12.0. The first kappa shape index (κ1) is 12.4. The summed E-state index contributed by atoms with van der Waals surface area (Å²) in [5.41, 5.74) is 5.70. The summed E-state index contributed by atoms with van der Waals surface area (Å²) in [5, 5.41) is 4.38. The van der Waals surface area contributed by atoms with Crippen LogP contribution >= 0.6 is 0 Å². The molecule has 2 heteroatoms. The van der Waals surface area contributed by atoms with Gasteiger partial charge in [0.05, 0.1) is 5.56 Å². The number of hydrogen-bond donors (Lipinski definition) is 0. The van der Waals surface area contributed by atoms with Gasteiger partial charge in [-0.1, -0.05) is 65.3 Å². The fourth-order valence-electron chi connectivity index (χ4n) is 2.72. The lowest BCUT2D eigenvalue weighted by atomic mass is 9.97. The molecular weight excluding hydrogens is 258 g/mol. The minimum absolute atomic E-state index is 0.548. The Morgan fingerprint density at radius 1 is 0.905 bits per heavy atom. The van der Waals surface area contributed by atoms with Crippen molar-refractivity contribution < 1.29 is 4.52 Å². The molecule has 3 aromatic rings. The van der Waals surface area contributed by atoms with Crippen LogP contribution in [0.3, 0.4) is 0 Å². The summed E-state index contributed by atoms with van der Waals surface area (Å²) in [5.74, 6) is 1.60. The van der Waals surface area contributed by atoms with Crippen molar-refractivity contribution in [2.75, 3.05) is 0 Å². The summed E-state index contributed by atoms with van der Waals surface area (Å²) in [6.07, 6.45) is 2.42. The van der Waals surface area contributed by atoms with Crippen molar-refractivity contribution in [2.24, 2.45) is 0 Å². The lowest BCUT2D eigenvalue weighted by Crippen LogP contribution is -1.86. The second kappa shape index (κ2) is 4.88. The van der Waals surface area contributed by atoms with Gasteiger partial charge >= 0.3 is 0 Å². The van der Waals surface area contributed by atoms with E-state index in [9.17, 15) is 0 Å². The van der Waals surface area contributed by atoms with E-state index in [1.165, 1.54) is 29.5 Å². The third-order valence-electron chi connectivity index (χ3n) is 4.05. The first-order valence-electron chi connectivity index (χ1n) is 7.45. The van der Waals surface area contributed by atoms with Crippen molar-refractivity contribution >= 4 is 0 Å². The number of hydrogen-bond acceptors (Lipinski definition) is 2. The van der Waals surface area contributed by atoms with E-state index in [0.29, 0.717) is 5.92 Å². The molecule has 0 saturated heterocycles. The number of aryl methyl sites for hydroxylation is 1. The van der Waals surface area contributed by atoms with Gasteiger partial charge in [0, 0.05) is 11.5 Å². The highest BCUT2D eigenvalue weighted by atomic mass is 16.5. The van der Waals surface area contributed by atoms with Crippen LogP contribution in [0.2, 0.25) is 0 Å². The number of rotatable bonds is 3. The highest BCUT2D eigenvalue weighted by molar-refractivity contribution is 5.82. The maximum Gasteiger partial charge on any atom is 0.148 e. The topological polar surface area (TPSA) is 26.0 Å². The van der Waals surface area contributed by atoms with Crippen molar-refractivity contribution in [2.45, 2.75) is 25.7 Å². The van der Waals surface area contributed by atoms with E-state index in [1.54, 1.807) is 0 Å². The third kappa shape index (κ3) is 2.27. The van der Waals surface area contributed by atoms with Gasteiger partial charge in [-0.25, -0.2) is 0 Å². The van der Waals surface area contributed by atoms with Gasteiger partial charge in [0.15, 0.2) is 0 Å². The van der Waals surface area contributed by atoms with Crippen molar-refractivity contribution in [1.82, 2.24) is 5.16 Å². The molecule has 104 valence electrons. The van der Waals surface area contributed by atoms with Crippen molar-refractivity contribution in [3.05, 3.63) is 65.9 Å². The molecule has 1 aromatic heterocycles. The molecule has 21 heavy (non-hydrogen) atoms. The van der Waals surface area contributed by atoms with Crippen molar-refractivity contribution in [3.8, 4) is 22.4 Å². The minimum Gasteiger partial charge on any atom is -0.360 e. The van der Waals surface area contributed by atoms with E-state index >= 15 is 0 Å². The summed E-state index contributed by atoms with van der Waals surface area (Å²) in [6, 6.07) is 18.9. The highest BCUT2D eigenvalue weighted by Gasteiger charge is 2.33. The van der Waals surface area contributed by atoms with Gasteiger partial charge in [-0.05, 0) is 25.3 Å². The lowest BCUT2D eigenvalue weighted by Gasteiger charge is -2.04. The average molecular weight is 275 g/mol. The van der Waals surface area contributed by atoms with Crippen LogP contribution in [0.15, 0.2) is 59.1 Å². The Kier molecular flexibility index (Phi) is 2.88. The van der Waals surface area contributed by atoms with E-state index in [1.807, 2.05) is 6.07 Å². The van der Waals surface area contributed by atoms with Gasteiger partial charge in [0.25, 0.3) is 0 Å². The van der Waals surface area contributed by atoms with Crippen LogP contribution < -0.4 is 0 Å².